The van der Waals surface area contributed by atoms with Gasteiger partial charge >= 0.3 is 6.03 Å². The van der Waals surface area contributed by atoms with E-state index in [1.165, 1.54) is 5.69 Å². The number of aryl methyl sites for hydroxylation is 1. The number of imidazole rings is 1. The molecule has 3 aromatic rings. The molecule has 1 atom stereocenters. The van der Waals surface area contributed by atoms with Gasteiger partial charge in [-0.15, -0.1) is 0 Å². The van der Waals surface area contributed by atoms with E-state index in [0.29, 0.717) is 6.54 Å². The Kier molecular flexibility index (Phi) is 3.68. The fourth-order valence-corrected chi connectivity index (χ4v) is 3.31. The fourth-order valence-electron chi connectivity index (χ4n) is 3.31. The van der Waals surface area contributed by atoms with Crippen LogP contribution in [-0.2, 0) is 20.0 Å². The molecule has 1 aliphatic rings. The summed E-state index contributed by atoms with van der Waals surface area (Å²) in [6, 6.07) is 5.70. The number of hydrogen-bond acceptors (Lipinski definition) is 3. The summed E-state index contributed by atoms with van der Waals surface area (Å²) < 4.78 is 3.84. The van der Waals surface area contributed by atoms with E-state index in [9.17, 15) is 4.79 Å². The summed E-state index contributed by atoms with van der Waals surface area (Å²) in [5.74, 6) is 0. The molecule has 7 nitrogen and oxygen atoms in total. The number of nitrogens with zero attached hydrogens (tertiary/aromatic N) is 4. The van der Waals surface area contributed by atoms with Crippen LogP contribution in [0.4, 0.5) is 4.79 Å². The quantitative estimate of drug-likeness (QED) is 0.773. The minimum Gasteiger partial charge on any atom is -0.332 e. The first-order valence-electron chi connectivity index (χ1n) is 8.18. The molecule has 124 valence electrons. The molecule has 4 rings (SSSR count). The van der Waals surface area contributed by atoms with Gasteiger partial charge in [0.05, 0.1) is 24.5 Å². The molecular weight excluding hydrogens is 304 g/mol. The Balaban J connectivity index is 1.39. The van der Waals surface area contributed by atoms with Crippen LogP contribution in [0.2, 0.25) is 0 Å². The highest BCUT2D eigenvalue weighted by Crippen LogP contribution is 2.28. The van der Waals surface area contributed by atoms with Gasteiger partial charge in [-0.25, -0.2) is 9.78 Å². The first-order valence-corrected chi connectivity index (χ1v) is 8.18. The van der Waals surface area contributed by atoms with E-state index in [2.05, 4.69) is 20.7 Å². The highest BCUT2D eigenvalue weighted by Gasteiger charge is 2.24. The van der Waals surface area contributed by atoms with E-state index in [1.807, 2.05) is 52.9 Å². The molecule has 24 heavy (non-hydrogen) atoms. The molecule has 3 heterocycles. The maximum atomic E-state index is 12.2. The first-order chi connectivity index (χ1) is 11.7. The lowest BCUT2D eigenvalue weighted by Crippen LogP contribution is -2.38. The van der Waals surface area contributed by atoms with Gasteiger partial charge in [0.15, 0.2) is 0 Å². The summed E-state index contributed by atoms with van der Waals surface area (Å²) in [6.07, 6.45) is 8.76. The van der Waals surface area contributed by atoms with Gasteiger partial charge in [0, 0.05) is 30.7 Å². The molecule has 0 fully saturated rings. The van der Waals surface area contributed by atoms with E-state index in [0.717, 1.165) is 36.2 Å². The molecule has 2 amide bonds. The number of aromatic nitrogens is 4. The lowest BCUT2D eigenvalue weighted by atomic mass is 9.93. The van der Waals surface area contributed by atoms with E-state index in [1.54, 1.807) is 0 Å². The third kappa shape index (κ3) is 2.73. The summed E-state index contributed by atoms with van der Waals surface area (Å²) in [5, 5.41) is 10.3. The minimum absolute atomic E-state index is 0.0310. The summed E-state index contributed by atoms with van der Waals surface area (Å²) >= 11 is 0. The summed E-state index contributed by atoms with van der Waals surface area (Å²) in [5.41, 5.74) is 4.06. The third-order valence-electron chi connectivity index (χ3n) is 4.52. The molecule has 0 saturated heterocycles. The summed E-state index contributed by atoms with van der Waals surface area (Å²) in [4.78, 5) is 16.7. The average molecular weight is 324 g/mol. The van der Waals surface area contributed by atoms with Crippen molar-refractivity contribution in [2.24, 2.45) is 7.05 Å². The number of pyridine rings is 1. The normalized spacial score (nSPS) is 16.8. The van der Waals surface area contributed by atoms with Crippen LogP contribution in [0.3, 0.4) is 0 Å². The van der Waals surface area contributed by atoms with E-state index < -0.39 is 0 Å². The predicted octanol–water partition coefficient (Wildman–Crippen LogP) is 1.94. The SMILES string of the molecule is Cn1ncc2c1CCCC2NC(=O)NCc1cn2ccccc2n1. The van der Waals surface area contributed by atoms with E-state index in [-0.39, 0.29) is 12.1 Å². The zero-order chi connectivity index (χ0) is 16.5. The molecule has 7 heteroatoms. The maximum absolute atomic E-state index is 12.2. The molecular formula is C17H20N6O. The van der Waals surface area contributed by atoms with E-state index >= 15 is 0 Å². The largest absolute Gasteiger partial charge is 0.332 e. The number of rotatable bonds is 3. The number of fused-ring (bicyclic) bond motifs is 2. The number of urea groups is 1. The van der Waals surface area contributed by atoms with Crippen LogP contribution in [-0.4, -0.2) is 25.2 Å². The van der Waals surface area contributed by atoms with Crippen LogP contribution >= 0.6 is 0 Å². The van der Waals surface area contributed by atoms with Crippen molar-refractivity contribution in [3.05, 3.63) is 53.7 Å². The van der Waals surface area contributed by atoms with Crippen molar-refractivity contribution in [2.75, 3.05) is 0 Å². The average Bonchev–Trinajstić information content (AvgIpc) is 3.17. The number of amides is 2. The monoisotopic (exact) mass is 324 g/mol. The van der Waals surface area contributed by atoms with Gasteiger partial charge in [0.1, 0.15) is 5.65 Å². The van der Waals surface area contributed by atoms with Gasteiger partial charge in [0.25, 0.3) is 0 Å². The Bertz CT molecular complexity index is 847. The number of nitrogens with one attached hydrogen (secondary N) is 2. The second-order valence-electron chi connectivity index (χ2n) is 6.14. The molecule has 0 radical (unpaired) electrons. The Hall–Kier alpha value is -2.83. The zero-order valence-electron chi connectivity index (χ0n) is 13.6. The van der Waals surface area contributed by atoms with Crippen LogP contribution in [0.15, 0.2) is 36.8 Å². The van der Waals surface area contributed by atoms with Gasteiger partial charge in [-0.2, -0.15) is 5.10 Å². The zero-order valence-corrected chi connectivity index (χ0v) is 13.6. The van der Waals surface area contributed by atoms with Crippen LogP contribution in [0.25, 0.3) is 5.65 Å². The Morgan fingerprint density at radius 2 is 2.33 bits per heavy atom. The molecule has 0 aromatic carbocycles. The van der Waals surface area contributed by atoms with Gasteiger partial charge in [-0.3, -0.25) is 4.68 Å². The number of carbonyl (C=O) groups excluding carboxylic acids is 1. The lowest BCUT2D eigenvalue weighted by Gasteiger charge is -2.23. The summed E-state index contributed by atoms with van der Waals surface area (Å²) in [6.45, 7) is 0.403. The molecule has 2 N–H and O–H groups in total. The number of hydrogen-bond donors (Lipinski definition) is 2. The maximum Gasteiger partial charge on any atom is 0.315 e. The highest BCUT2D eigenvalue weighted by atomic mass is 16.2. The Morgan fingerprint density at radius 3 is 3.21 bits per heavy atom. The molecule has 3 aromatic heterocycles. The highest BCUT2D eigenvalue weighted by molar-refractivity contribution is 5.74. The topological polar surface area (TPSA) is 76.2 Å². The van der Waals surface area contributed by atoms with Gasteiger partial charge < -0.3 is 15.0 Å². The van der Waals surface area contributed by atoms with Crippen molar-refractivity contribution in [3.8, 4) is 0 Å². The lowest BCUT2D eigenvalue weighted by molar-refractivity contribution is 0.235. The van der Waals surface area contributed by atoms with Crippen molar-refractivity contribution in [1.29, 1.82) is 0 Å². The molecule has 0 bridgehead atoms. The van der Waals surface area contributed by atoms with Crippen molar-refractivity contribution in [1.82, 2.24) is 29.8 Å². The van der Waals surface area contributed by atoms with Crippen LogP contribution < -0.4 is 10.6 Å². The second kappa shape index (κ2) is 5.99. The second-order valence-corrected chi connectivity index (χ2v) is 6.14. The number of carbonyl (C=O) groups is 1. The van der Waals surface area contributed by atoms with Crippen molar-refractivity contribution in [3.63, 3.8) is 0 Å². The van der Waals surface area contributed by atoms with Crippen LogP contribution in [0.5, 0.6) is 0 Å². The molecule has 0 saturated carbocycles. The molecule has 0 spiro atoms. The smallest absolute Gasteiger partial charge is 0.315 e. The minimum atomic E-state index is -0.172. The van der Waals surface area contributed by atoms with Gasteiger partial charge in [-0.05, 0) is 31.4 Å². The first kappa shape index (κ1) is 14.7. The summed E-state index contributed by atoms with van der Waals surface area (Å²) in [7, 11) is 1.95. The van der Waals surface area contributed by atoms with Crippen molar-refractivity contribution in [2.45, 2.75) is 31.8 Å². The Labute approximate surface area is 139 Å². The fraction of sp³-hybridized carbons (Fsp3) is 0.353. The van der Waals surface area contributed by atoms with E-state index in [4.69, 9.17) is 0 Å². The van der Waals surface area contributed by atoms with Crippen molar-refractivity contribution < 1.29 is 4.79 Å². The third-order valence-corrected chi connectivity index (χ3v) is 4.52. The standard InChI is InChI=1S/C17H20N6O/c1-22-15-6-4-5-14(13(15)10-19-22)21-17(24)18-9-12-11-23-8-3-2-7-16(23)20-12/h2-3,7-8,10-11,14H,4-6,9H2,1H3,(H2,18,21,24). The molecule has 1 aliphatic carbocycles. The molecule has 0 aliphatic heterocycles. The predicted molar refractivity (Wildman–Crippen MR) is 89.5 cm³/mol. The Morgan fingerprint density at radius 1 is 1.42 bits per heavy atom. The molecule has 1 unspecified atom stereocenters. The van der Waals surface area contributed by atoms with Crippen LogP contribution in [0, 0.1) is 0 Å². The van der Waals surface area contributed by atoms with Gasteiger partial charge in [0.2, 0.25) is 0 Å². The van der Waals surface area contributed by atoms with Crippen LogP contribution in [0.1, 0.15) is 35.8 Å². The van der Waals surface area contributed by atoms with Crippen molar-refractivity contribution >= 4 is 11.7 Å². The van der Waals surface area contributed by atoms with Gasteiger partial charge in [-0.1, -0.05) is 6.07 Å².